The van der Waals surface area contributed by atoms with Gasteiger partial charge >= 0.3 is 12.2 Å². The van der Waals surface area contributed by atoms with E-state index in [9.17, 15) is 19.2 Å². The lowest BCUT2D eigenvalue weighted by atomic mass is 9.62. The van der Waals surface area contributed by atoms with Crippen LogP contribution in [-0.4, -0.2) is 90.1 Å². The number of ether oxygens (including phenoxy) is 2. The number of H-pyrrole nitrogens is 2. The summed E-state index contributed by atoms with van der Waals surface area (Å²) in [6.07, 6.45) is 17.7. The van der Waals surface area contributed by atoms with Crippen molar-refractivity contribution < 1.29 is 28.7 Å². The standard InChI is InChI=1S/C52H74N8O6/c1-29(2)43(57-49(63)65-51(5,6)7)47(61)59-25-11-13-39(59)45-53-27-37(55-45)32-17-15-31(16-18-32)35-23-24-36(42-34-21-19-33(20-22-34)41(35)42)38-28-54-46(56-38)40-14-12-26-60(40)48(62)44(30(3)4)58-50(64)66-52(8,9)10/h12,14,23-24,27-34,39-40,43-44H,11,13,15-22,25-26H2,1-10H3,(H,53,55)(H,54,56)(H,57,63)(H,58,64)/t31?,32?,33?,34?,39-,40-,43-,44-/m0/s1. The summed E-state index contributed by atoms with van der Waals surface area (Å²) >= 11 is 0. The number of benzene rings is 1. The molecule has 4 heterocycles. The lowest BCUT2D eigenvalue weighted by Gasteiger charge is -2.42. The van der Waals surface area contributed by atoms with E-state index >= 15 is 0 Å². The molecule has 0 unspecified atom stereocenters. The van der Waals surface area contributed by atoms with Crippen molar-refractivity contribution in [2.75, 3.05) is 13.1 Å². The molecule has 3 fully saturated rings. The van der Waals surface area contributed by atoms with E-state index in [1.54, 1.807) is 10.5 Å². The molecule has 6 aliphatic rings. The van der Waals surface area contributed by atoms with Gasteiger partial charge in [-0.05, 0) is 152 Å². The van der Waals surface area contributed by atoms with Gasteiger partial charge in [0.05, 0.1) is 17.9 Å². The van der Waals surface area contributed by atoms with E-state index in [1.807, 2.05) is 98.7 Å². The Labute approximate surface area is 391 Å². The first-order valence-corrected chi connectivity index (χ1v) is 24.8. The molecule has 0 radical (unpaired) electrons. The lowest BCUT2D eigenvalue weighted by Crippen LogP contribution is -2.52. The number of likely N-dealkylation sites (tertiary alicyclic amines) is 1. The molecular weight excluding hydrogens is 833 g/mol. The molecule has 2 bridgehead atoms. The molecule has 2 saturated carbocycles. The zero-order valence-electron chi connectivity index (χ0n) is 41.0. The van der Waals surface area contributed by atoms with Crippen molar-refractivity contribution in [2.24, 2.45) is 11.8 Å². The van der Waals surface area contributed by atoms with Gasteiger partial charge in [0.15, 0.2) is 0 Å². The summed E-state index contributed by atoms with van der Waals surface area (Å²) in [4.78, 5) is 74.3. The summed E-state index contributed by atoms with van der Waals surface area (Å²) in [7, 11) is 0. The molecule has 1 aromatic carbocycles. The van der Waals surface area contributed by atoms with Crippen LogP contribution in [0.15, 0.2) is 36.7 Å². The van der Waals surface area contributed by atoms with Crippen molar-refractivity contribution in [3.8, 4) is 11.3 Å². The zero-order valence-corrected chi connectivity index (χ0v) is 41.0. The topological polar surface area (TPSA) is 175 Å². The second-order valence-corrected chi connectivity index (χ2v) is 22.3. The van der Waals surface area contributed by atoms with Gasteiger partial charge in [-0.1, -0.05) is 52.0 Å². The van der Waals surface area contributed by atoms with Gasteiger partial charge in [-0.3, -0.25) is 9.59 Å². The Kier molecular flexibility index (Phi) is 13.5. The second-order valence-electron chi connectivity index (χ2n) is 22.3. The normalized spacial score (nSPS) is 25.0. The predicted molar refractivity (Wildman–Crippen MR) is 254 cm³/mol. The van der Waals surface area contributed by atoms with E-state index < -0.39 is 35.5 Å². The van der Waals surface area contributed by atoms with Crippen LogP contribution < -0.4 is 10.6 Å². The molecule has 4 aliphatic carbocycles. The number of nitrogens with zero attached hydrogens (tertiary/aromatic N) is 4. The minimum Gasteiger partial charge on any atom is -0.444 e. The highest BCUT2D eigenvalue weighted by atomic mass is 16.6. The summed E-state index contributed by atoms with van der Waals surface area (Å²) in [5.74, 6) is 3.00. The maximum atomic E-state index is 14.0. The SMILES string of the molecule is CC(C)[C@H](NC(=O)OC(C)(C)C)C(=O)N1CC=C[C@H]1c1ncc(-c2ccc(C3CCC(c4cnc([C@@H]5CCCN5C(=O)[C@@H](NC(=O)OC(C)(C)C)C(C)C)[nH]4)CC3)c3c2C2CCC3CC2)[nH]1. The van der Waals surface area contributed by atoms with Crippen LogP contribution in [0, 0.1) is 11.8 Å². The quantitative estimate of drug-likeness (QED) is 0.138. The number of fused-ring (bicyclic) bond motifs is 2. The minimum absolute atomic E-state index is 0.0942. The molecule has 4 amide bonds. The van der Waals surface area contributed by atoms with Gasteiger partial charge in [0.2, 0.25) is 11.8 Å². The highest BCUT2D eigenvalue weighted by Gasteiger charge is 2.42. The third-order valence-corrected chi connectivity index (χ3v) is 14.6. The zero-order chi connectivity index (χ0) is 47.2. The summed E-state index contributed by atoms with van der Waals surface area (Å²) in [6.45, 7) is 19.7. The Morgan fingerprint density at radius 2 is 1.21 bits per heavy atom. The summed E-state index contributed by atoms with van der Waals surface area (Å²) in [5, 5.41) is 5.69. The number of amides is 4. The predicted octanol–water partition coefficient (Wildman–Crippen LogP) is 10.2. The first-order valence-electron chi connectivity index (χ1n) is 24.8. The molecule has 4 atom stereocenters. The molecule has 3 aromatic rings. The Morgan fingerprint density at radius 1 is 0.667 bits per heavy atom. The fourth-order valence-electron chi connectivity index (χ4n) is 11.4. The van der Waals surface area contributed by atoms with Crippen LogP contribution in [-0.2, 0) is 19.1 Å². The number of hydrogen-bond acceptors (Lipinski definition) is 8. The molecule has 14 heteroatoms. The summed E-state index contributed by atoms with van der Waals surface area (Å²) in [6, 6.07) is 2.79. The highest BCUT2D eigenvalue weighted by Crippen LogP contribution is 2.56. The van der Waals surface area contributed by atoms with E-state index in [2.05, 4.69) is 32.7 Å². The van der Waals surface area contributed by atoms with E-state index in [0.717, 1.165) is 55.7 Å². The number of aromatic amines is 2. The minimum atomic E-state index is -0.737. The molecule has 0 spiro atoms. The Balaban J connectivity index is 0.950. The van der Waals surface area contributed by atoms with Crippen LogP contribution in [0.5, 0.6) is 0 Å². The molecule has 14 nitrogen and oxygen atoms in total. The van der Waals surface area contributed by atoms with Gasteiger partial charge in [0.25, 0.3) is 0 Å². The van der Waals surface area contributed by atoms with E-state index in [-0.39, 0.29) is 35.7 Å². The van der Waals surface area contributed by atoms with Crippen molar-refractivity contribution in [3.63, 3.8) is 0 Å². The summed E-state index contributed by atoms with van der Waals surface area (Å²) < 4.78 is 11.0. The number of hydrogen-bond donors (Lipinski definition) is 4. The van der Waals surface area contributed by atoms with Crippen LogP contribution in [0.4, 0.5) is 9.59 Å². The van der Waals surface area contributed by atoms with Gasteiger partial charge in [-0.2, -0.15) is 0 Å². The first kappa shape index (κ1) is 47.4. The van der Waals surface area contributed by atoms with Gasteiger partial charge in [0, 0.05) is 36.5 Å². The van der Waals surface area contributed by atoms with Crippen LogP contribution in [0.25, 0.3) is 11.3 Å². The van der Waals surface area contributed by atoms with Gasteiger partial charge < -0.3 is 39.9 Å². The smallest absolute Gasteiger partial charge is 0.408 e. The van der Waals surface area contributed by atoms with Gasteiger partial charge in [-0.15, -0.1) is 0 Å². The molecule has 2 aromatic heterocycles. The average molecular weight is 907 g/mol. The number of rotatable bonds is 11. The third-order valence-electron chi connectivity index (χ3n) is 14.6. The highest BCUT2D eigenvalue weighted by molar-refractivity contribution is 5.87. The van der Waals surface area contributed by atoms with Crippen LogP contribution in [0.2, 0.25) is 0 Å². The van der Waals surface area contributed by atoms with Gasteiger partial charge in [0.1, 0.15) is 41.0 Å². The average Bonchev–Trinajstić information content (AvgIpc) is 4.10. The van der Waals surface area contributed by atoms with Crippen molar-refractivity contribution >= 4 is 24.0 Å². The molecule has 66 heavy (non-hydrogen) atoms. The number of carbonyl (C=O) groups excluding carboxylic acids is 4. The Bertz CT molecular complexity index is 2280. The van der Waals surface area contributed by atoms with Crippen LogP contribution in [0.1, 0.15) is 203 Å². The molecular formula is C52H74N8O6. The number of carbonyl (C=O) groups is 4. The number of aromatic nitrogens is 4. The Morgan fingerprint density at radius 3 is 1.80 bits per heavy atom. The van der Waals surface area contributed by atoms with Crippen LogP contribution >= 0.6 is 0 Å². The fourth-order valence-corrected chi connectivity index (χ4v) is 11.4. The van der Waals surface area contributed by atoms with E-state index in [4.69, 9.17) is 19.4 Å². The molecule has 2 aliphatic heterocycles. The van der Waals surface area contributed by atoms with E-state index in [1.165, 1.54) is 42.4 Å². The monoisotopic (exact) mass is 907 g/mol. The molecule has 4 N–H and O–H groups in total. The van der Waals surface area contributed by atoms with E-state index in [0.29, 0.717) is 42.6 Å². The van der Waals surface area contributed by atoms with Crippen molar-refractivity contribution in [1.82, 2.24) is 40.4 Å². The lowest BCUT2D eigenvalue weighted by molar-refractivity contribution is -0.136. The molecule has 358 valence electrons. The third kappa shape index (κ3) is 10.1. The number of nitrogens with one attached hydrogen (secondary N) is 4. The maximum absolute atomic E-state index is 14.0. The number of alkyl carbamates (subject to hydrolysis) is 2. The van der Waals surface area contributed by atoms with Crippen molar-refractivity contribution in [2.45, 2.75) is 192 Å². The molecule has 1 saturated heterocycles. The first-order chi connectivity index (χ1) is 31.3. The summed E-state index contributed by atoms with van der Waals surface area (Å²) in [5.41, 5.74) is 6.64. The fraction of sp³-hybridized carbons (Fsp3) is 0.654. The maximum Gasteiger partial charge on any atom is 0.408 e. The van der Waals surface area contributed by atoms with Crippen LogP contribution in [0.3, 0.4) is 0 Å². The number of imidazole rings is 2. The molecule has 9 rings (SSSR count). The van der Waals surface area contributed by atoms with Crippen molar-refractivity contribution in [3.05, 3.63) is 70.7 Å². The van der Waals surface area contributed by atoms with Crippen molar-refractivity contribution in [1.29, 1.82) is 0 Å². The van der Waals surface area contributed by atoms with Gasteiger partial charge in [-0.25, -0.2) is 19.6 Å². The second kappa shape index (κ2) is 18.9. The Hall–Kier alpha value is -5.14. The largest absolute Gasteiger partial charge is 0.444 e.